The van der Waals surface area contributed by atoms with E-state index in [0.717, 1.165) is 17.1 Å². The van der Waals surface area contributed by atoms with E-state index >= 15 is 0 Å². The molecule has 0 saturated heterocycles. The first-order valence-electron chi connectivity index (χ1n) is 16.1. The lowest BCUT2D eigenvalue weighted by molar-refractivity contribution is 0.121. The summed E-state index contributed by atoms with van der Waals surface area (Å²) in [4.78, 5) is 2.50. The van der Waals surface area contributed by atoms with Gasteiger partial charge in [-0.1, -0.05) is 123 Å². The summed E-state index contributed by atoms with van der Waals surface area (Å²) >= 11 is 6.76. The van der Waals surface area contributed by atoms with Crippen molar-refractivity contribution >= 4 is 23.0 Å². The smallest absolute Gasteiger partial charge is 0.0537 e. The Morgan fingerprint density at radius 3 is 1.98 bits per heavy atom. The molecule has 1 unspecified atom stereocenters. The largest absolute Gasteiger partial charge is 0.314 e. The Bertz CT molecular complexity index is 1550. The van der Waals surface area contributed by atoms with Crippen LogP contribution in [0.4, 0.5) is 11.4 Å². The molecule has 0 radical (unpaired) electrons. The zero-order valence-corrected chi connectivity index (χ0v) is 29.2. The van der Waals surface area contributed by atoms with Crippen LogP contribution in [0.25, 0.3) is 11.1 Å². The van der Waals surface area contributed by atoms with Crippen LogP contribution in [0, 0.1) is 23.7 Å². The van der Waals surface area contributed by atoms with Crippen molar-refractivity contribution in [3.63, 3.8) is 0 Å². The van der Waals surface area contributed by atoms with Crippen molar-refractivity contribution in [2.75, 3.05) is 4.90 Å². The fraction of sp³-hybridized carbons (Fsp3) is 0.463. The van der Waals surface area contributed by atoms with Gasteiger partial charge in [-0.3, -0.25) is 0 Å². The van der Waals surface area contributed by atoms with E-state index in [1.54, 1.807) is 5.57 Å². The fourth-order valence-electron chi connectivity index (χ4n) is 7.09. The van der Waals surface area contributed by atoms with Crippen LogP contribution in [-0.4, -0.2) is 0 Å². The average Bonchev–Trinajstić information content (AvgIpc) is 2.90. The Hall–Kier alpha value is -2.77. The van der Waals surface area contributed by atoms with Gasteiger partial charge in [0, 0.05) is 22.0 Å². The van der Waals surface area contributed by atoms with Crippen LogP contribution in [0.2, 0.25) is 5.02 Å². The van der Waals surface area contributed by atoms with E-state index < -0.39 is 0 Å². The highest BCUT2D eigenvalue weighted by molar-refractivity contribution is 6.31. The minimum atomic E-state index is 0.0373. The predicted octanol–water partition coefficient (Wildman–Crippen LogP) is 12.7. The number of allylic oxidation sites excluding steroid dienone is 4. The summed E-state index contributed by atoms with van der Waals surface area (Å²) in [7, 11) is 0. The molecule has 2 aliphatic rings. The van der Waals surface area contributed by atoms with Crippen LogP contribution in [0.5, 0.6) is 0 Å². The molecular formula is C41H52ClN. The predicted molar refractivity (Wildman–Crippen MR) is 189 cm³/mol. The minimum absolute atomic E-state index is 0.0373. The van der Waals surface area contributed by atoms with E-state index in [4.69, 9.17) is 11.6 Å². The van der Waals surface area contributed by atoms with Gasteiger partial charge in [-0.25, -0.2) is 0 Å². The number of aryl methyl sites for hydroxylation is 1. The normalized spacial score (nSPS) is 19.8. The van der Waals surface area contributed by atoms with E-state index in [0.29, 0.717) is 5.92 Å². The molecule has 2 heteroatoms. The Kier molecular flexibility index (Phi) is 8.09. The molecule has 2 aliphatic carbocycles. The number of nitrogens with zero attached hydrogens (tertiary/aromatic N) is 1. The molecule has 228 valence electrons. The lowest BCUT2D eigenvalue weighted by atomic mass is 9.55. The van der Waals surface area contributed by atoms with Crippen molar-refractivity contribution in [1.29, 1.82) is 0 Å². The van der Waals surface area contributed by atoms with Crippen molar-refractivity contribution in [2.24, 2.45) is 16.7 Å². The fourth-order valence-corrected chi connectivity index (χ4v) is 7.37. The van der Waals surface area contributed by atoms with Gasteiger partial charge in [0.15, 0.2) is 0 Å². The van der Waals surface area contributed by atoms with Gasteiger partial charge < -0.3 is 4.90 Å². The molecule has 1 fully saturated rings. The molecule has 0 aromatic heterocycles. The highest BCUT2D eigenvalue weighted by atomic mass is 35.5. The van der Waals surface area contributed by atoms with Crippen LogP contribution in [0.15, 0.2) is 84.1 Å². The van der Waals surface area contributed by atoms with Crippen molar-refractivity contribution in [2.45, 2.75) is 106 Å². The molecule has 43 heavy (non-hydrogen) atoms. The van der Waals surface area contributed by atoms with Crippen molar-refractivity contribution < 1.29 is 0 Å². The van der Waals surface area contributed by atoms with Gasteiger partial charge in [0.05, 0.1) is 5.69 Å². The summed E-state index contributed by atoms with van der Waals surface area (Å²) in [6.45, 7) is 25.7. The van der Waals surface area contributed by atoms with Gasteiger partial charge in [-0.05, 0) is 112 Å². The quantitative estimate of drug-likeness (QED) is 0.291. The third kappa shape index (κ3) is 6.39. The third-order valence-electron chi connectivity index (χ3n) is 10.1. The number of halogens is 1. The van der Waals surface area contributed by atoms with E-state index in [1.807, 2.05) is 0 Å². The van der Waals surface area contributed by atoms with E-state index in [2.05, 4.69) is 154 Å². The first-order valence-corrected chi connectivity index (χ1v) is 16.5. The Morgan fingerprint density at radius 2 is 1.37 bits per heavy atom. The summed E-state index contributed by atoms with van der Waals surface area (Å²) in [5.74, 6) is 0.502. The molecule has 0 amide bonds. The second kappa shape index (κ2) is 11.0. The Labute approximate surface area is 267 Å². The monoisotopic (exact) mass is 593 g/mol. The number of anilines is 2. The molecule has 3 aromatic carbocycles. The maximum Gasteiger partial charge on any atom is 0.0537 e. The molecular weight excluding hydrogens is 542 g/mol. The topological polar surface area (TPSA) is 3.24 Å². The highest BCUT2D eigenvalue weighted by Gasteiger charge is 2.45. The van der Waals surface area contributed by atoms with Crippen molar-refractivity contribution in [1.82, 2.24) is 0 Å². The van der Waals surface area contributed by atoms with Gasteiger partial charge >= 0.3 is 0 Å². The summed E-state index contributed by atoms with van der Waals surface area (Å²) in [6.07, 6.45) is 8.35. The number of hydrogen-bond acceptors (Lipinski definition) is 1. The molecule has 1 saturated carbocycles. The molecule has 0 aliphatic heterocycles. The molecule has 3 aromatic rings. The Morgan fingerprint density at radius 1 is 0.744 bits per heavy atom. The number of rotatable bonds is 4. The van der Waals surface area contributed by atoms with Gasteiger partial charge in [-0.15, -0.1) is 0 Å². The molecule has 1 atom stereocenters. The summed E-state index contributed by atoms with van der Waals surface area (Å²) in [5.41, 5.74) is 12.2. The van der Waals surface area contributed by atoms with Crippen molar-refractivity contribution in [3.8, 4) is 11.1 Å². The van der Waals surface area contributed by atoms with Gasteiger partial charge in [0.25, 0.3) is 0 Å². The zero-order chi connectivity index (χ0) is 31.5. The first kappa shape index (κ1) is 31.6. The molecule has 0 N–H and O–H groups in total. The highest BCUT2D eigenvalue weighted by Crippen LogP contribution is 2.56. The SMILES string of the molecule is Cc1cc(Cl)cc(N(C2=CC=C3C(C2)C(C)(C)CCC3(C)C)c2ccc(C(C)(C)C)cc2-c2ccc(C(C)(C)C)cc2)c1. The molecule has 5 rings (SSSR count). The second-order valence-corrected chi connectivity index (χ2v) is 17.0. The summed E-state index contributed by atoms with van der Waals surface area (Å²) in [5, 5.41) is 0.772. The maximum atomic E-state index is 6.76. The first-order chi connectivity index (χ1) is 19.9. The van der Waals surface area contributed by atoms with E-state index in [-0.39, 0.29) is 21.7 Å². The van der Waals surface area contributed by atoms with Crippen LogP contribution in [0.1, 0.15) is 105 Å². The van der Waals surface area contributed by atoms with E-state index in [1.165, 1.54) is 52.0 Å². The van der Waals surface area contributed by atoms with Crippen molar-refractivity contribution in [3.05, 3.63) is 106 Å². The molecule has 1 nitrogen and oxygen atoms in total. The second-order valence-electron chi connectivity index (χ2n) is 16.5. The molecule has 0 spiro atoms. The van der Waals surface area contributed by atoms with Gasteiger partial charge in [0.2, 0.25) is 0 Å². The van der Waals surface area contributed by atoms with Crippen LogP contribution in [0.3, 0.4) is 0 Å². The van der Waals surface area contributed by atoms with Gasteiger partial charge in [0.1, 0.15) is 0 Å². The van der Waals surface area contributed by atoms with E-state index in [9.17, 15) is 0 Å². The Balaban J connectivity index is 1.75. The third-order valence-corrected chi connectivity index (χ3v) is 10.3. The summed E-state index contributed by atoms with van der Waals surface area (Å²) < 4.78 is 0. The lowest BCUT2D eigenvalue weighted by Gasteiger charge is -2.50. The molecule has 0 bridgehead atoms. The minimum Gasteiger partial charge on any atom is -0.314 e. The summed E-state index contributed by atoms with van der Waals surface area (Å²) in [6, 6.07) is 22.8. The standard InChI is InChI=1S/C41H52ClN/c1-27-22-31(42)25-33(23-27)43(32-17-18-35-36(26-32)41(10,11)21-20-40(35,8)9)37-19-16-30(39(5,6)7)24-34(37)28-12-14-29(15-13-28)38(2,3)4/h12-19,22-25,36H,20-21,26H2,1-11H3. The van der Waals surface area contributed by atoms with Gasteiger partial charge in [-0.2, -0.15) is 0 Å². The average molecular weight is 594 g/mol. The lowest BCUT2D eigenvalue weighted by Crippen LogP contribution is -2.40. The van der Waals surface area contributed by atoms with Crippen LogP contribution in [-0.2, 0) is 10.8 Å². The maximum absolute atomic E-state index is 6.76. The van der Waals surface area contributed by atoms with Crippen LogP contribution >= 0.6 is 11.6 Å². The zero-order valence-electron chi connectivity index (χ0n) is 28.5. The number of hydrogen-bond donors (Lipinski definition) is 0. The molecule has 0 heterocycles. The number of fused-ring (bicyclic) bond motifs is 1. The number of benzene rings is 3. The van der Waals surface area contributed by atoms with Crippen LogP contribution < -0.4 is 4.90 Å².